The van der Waals surface area contributed by atoms with Gasteiger partial charge in [-0.1, -0.05) is 0 Å². The summed E-state index contributed by atoms with van der Waals surface area (Å²) in [5, 5.41) is 2.87. The van der Waals surface area contributed by atoms with Gasteiger partial charge in [-0.3, -0.25) is 0 Å². The zero-order valence-corrected chi connectivity index (χ0v) is 10.4. The molecular formula is C10H20N2O2S. The number of alkyl carbamates (subject to hydrolysis) is 1. The molecule has 5 heteroatoms. The molecule has 0 aliphatic carbocycles. The lowest BCUT2D eigenvalue weighted by Crippen LogP contribution is -2.44. The summed E-state index contributed by atoms with van der Waals surface area (Å²) in [4.78, 5) is 11.5. The van der Waals surface area contributed by atoms with E-state index in [0.717, 1.165) is 11.5 Å². The molecule has 15 heavy (non-hydrogen) atoms. The number of amides is 1. The van der Waals surface area contributed by atoms with Crippen LogP contribution >= 0.6 is 11.8 Å². The molecule has 1 fully saturated rings. The molecule has 2 atom stereocenters. The highest BCUT2D eigenvalue weighted by Crippen LogP contribution is 2.23. The van der Waals surface area contributed by atoms with E-state index in [9.17, 15) is 4.79 Å². The Hall–Kier alpha value is -0.420. The van der Waals surface area contributed by atoms with Gasteiger partial charge in [0.2, 0.25) is 0 Å². The Morgan fingerprint density at radius 1 is 1.53 bits per heavy atom. The third-order valence-electron chi connectivity index (χ3n) is 2.20. The van der Waals surface area contributed by atoms with Gasteiger partial charge in [-0.25, -0.2) is 4.79 Å². The van der Waals surface area contributed by atoms with Crippen molar-refractivity contribution in [1.82, 2.24) is 5.32 Å². The molecule has 4 nitrogen and oxygen atoms in total. The van der Waals surface area contributed by atoms with Gasteiger partial charge in [0.05, 0.1) is 0 Å². The lowest BCUT2D eigenvalue weighted by atomic mass is 10.0. The van der Waals surface area contributed by atoms with E-state index in [1.54, 1.807) is 0 Å². The summed E-state index contributed by atoms with van der Waals surface area (Å²) in [6.45, 7) is 6.19. The molecule has 1 saturated heterocycles. The first-order chi connectivity index (χ1) is 6.92. The maximum atomic E-state index is 11.5. The molecule has 0 bridgehead atoms. The van der Waals surface area contributed by atoms with E-state index in [0.29, 0.717) is 12.5 Å². The monoisotopic (exact) mass is 232 g/mol. The molecule has 0 aromatic heterocycles. The molecule has 0 saturated carbocycles. The van der Waals surface area contributed by atoms with E-state index in [-0.39, 0.29) is 12.1 Å². The van der Waals surface area contributed by atoms with Crippen molar-refractivity contribution in [3.63, 3.8) is 0 Å². The number of thioether (sulfide) groups is 1. The minimum absolute atomic E-state index is 0.162. The van der Waals surface area contributed by atoms with Crippen molar-refractivity contribution in [2.24, 2.45) is 11.7 Å². The van der Waals surface area contributed by atoms with Gasteiger partial charge in [-0.05, 0) is 33.1 Å². The fraction of sp³-hybridized carbons (Fsp3) is 0.900. The Bertz CT molecular complexity index is 228. The molecular weight excluding hydrogens is 212 g/mol. The van der Waals surface area contributed by atoms with Crippen LogP contribution in [-0.4, -0.2) is 35.8 Å². The van der Waals surface area contributed by atoms with Crippen LogP contribution in [-0.2, 0) is 4.74 Å². The van der Waals surface area contributed by atoms with Crippen molar-refractivity contribution in [3.8, 4) is 0 Å². The van der Waals surface area contributed by atoms with E-state index >= 15 is 0 Å². The number of rotatable bonds is 2. The number of ether oxygens (including phenoxy) is 1. The zero-order chi connectivity index (χ0) is 11.5. The van der Waals surface area contributed by atoms with Gasteiger partial charge in [-0.2, -0.15) is 11.8 Å². The topological polar surface area (TPSA) is 64.3 Å². The average Bonchev–Trinajstić information content (AvgIpc) is 2.48. The maximum Gasteiger partial charge on any atom is 0.407 e. The predicted octanol–water partition coefficient (Wildman–Crippen LogP) is 1.20. The minimum atomic E-state index is -0.436. The fourth-order valence-electron chi connectivity index (χ4n) is 1.45. The average molecular weight is 232 g/mol. The van der Waals surface area contributed by atoms with Crippen LogP contribution in [0.3, 0.4) is 0 Å². The molecule has 0 aromatic rings. The largest absolute Gasteiger partial charge is 0.444 e. The van der Waals surface area contributed by atoms with Crippen molar-refractivity contribution in [2.75, 3.05) is 18.1 Å². The van der Waals surface area contributed by atoms with E-state index in [4.69, 9.17) is 10.5 Å². The van der Waals surface area contributed by atoms with Gasteiger partial charge in [0.1, 0.15) is 5.60 Å². The van der Waals surface area contributed by atoms with Gasteiger partial charge < -0.3 is 15.8 Å². The second-order valence-electron chi connectivity index (χ2n) is 4.79. The molecule has 1 rings (SSSR count). The smallest absolute Gasteiger partial charge is 0.407 e. The highest BCUT2D eigenvalue weighted by Gasteiger charge is 2.29. The normalized spacial score (nSPS) is 26.4. The molecule has 88 valence electrons. The second-order valence-corrected chi connectivity index (χ2v) is 5.86. The van der Waals surface area contributed by atoms with Crippen molar-refractivity contribution in [3.05, 3.63) is 0 Å². The maximum absolute atomic E-state index is 11.5. The highest BCUT2D eigenvalue weighted by atomic mass is 32.2. The van der Waals surface area contributed by atoms with Crippen molar-refractivity contribution < 1.29 is 9.53 Å². The predicted molar refractivity (Wildman–Crippen MR) is 63.0 cm³/mol. The summed E-state index contributed by atoms with van der Waals surface area (Å²) in [5.74, 6) is 2.33. The van der Waals surface area contributed by atoms with E-state index in [1.165, 1.54) is 0 Å². The zero-order valence-electron chi connectivity index (χ0n) is 9.58. The number of nitrogens with two attached hydrogens (primary N) is 1. The van der Waals surface area contributed by atoms with E-state index < -0.39 is 5.60 Å². The molecule has 0 unspecified atom stereocenters. The third kappa shape index (κ3) is 4.30. The van der Waals surface area contributed by atoms with Gasteiger partial charge in [0, 0.05) is 17.7 Å². The summed E-state index contributed by atoms with van der Waals surface area (Å²) in [5.41, 5.74) is 5.19. The molecule has 1 heterocycles. The van der Waals surface area contributed by atoms with Crippen molar-refractivity contribution in [1.29, 1.82) is 0 Å². The van der Waals surface area contributed by atoms with Crippen LogP contribution in [0.4, 0.5) is 4.79 Å². The molecule has 1 amide bonds. The highest BCUT2D eigenvalue weighted by molar-refractivity contribution is 7.99. The Kier molecular flexibility index (Phi) is 4.28. The minimum Gasteiger partial charge on any atom is -0.444 e. The molecule has 3 N–H and O–H groups in total. The lowest BCUT2D eigenvalue weighted by Gasteiger charge is -2.23. The Morgan fingerprint density at radius 3 is 2.73 bits per heavy atom. The molecule has 0 spiro atoms. The van der Waals surface area contributed by atoms with Gasteiger partial charge in [0.25, 0.3) is 0 Å². The standard InChI is InChI=1S/C10H20N2O2S/c1-10(2,3)14-9(13)12-8-6-15-5-7(8)4-11/h7-8H,4-6,11H2,1-3H3,(H,12,13)/t7-,8-/m1/s1. The SMILES string of the molecule is CC(C)(C)OC(=O)N[C@@H]1CSC[C@H]1CN. The Labute approximate surface area is 95.3 Å². The first-order valence-corrected chi connectivity index (χ1v) is 6.35. The van der Waals surface area contributed by atoms with Crippen LogP contribution < -0.4 is 11.1 Å². The van der Waals surface area contributed by atoms with Gasteiger partial charge in [-0.15, -0.1) is 0 Å². The summed E-state index contributed by atoms with van der Waals surface area (Å²) in [7, 11) is 0. The van der Waals surface area contributed by atoms with Crippen LogP contribution in [0.5, 0.6) is 0 Å². The number of carbonyl (C=O) groups excluding carboxylic acids is 1. The lowest BCUT2D eigenvalue weighted by molar-refractivity contribution is 0.0499. The first kappa shape index (κ1) is 12.6. The van der Waals surface area contributed by atoms with E-state index in [2.05, 4.69) is 5.32 Å². The fourth-order valence-corrected chi connectivity index (χ4v) is 2.87. The second kappa shape index (κ2) is 5.07. The molecule has 0 aromatic carbocycles. The number of hydrogen-bond acceptors (Lipinski definition) is 4. The van der Waals surface area contributed by atoms with Crippen LogP contribution in [0.2, 0.25) is 0 Å². The van der Waals surface area contributed by atoms with E-state index in [1.807, 2.05) is 32.5 Å². The summed E-state index contributed by atoms with van der Waals surface area (Å²) in [6, 6.07) is 0.162. The Morgan fingerprint density at radius 2 is 2.20 bits per heavy atom. The van der Waals surface area contributed by atoms with Crippen LogP contribution in [0.15, 0.2) is 0 Å². The van der Waals surface area contributed by atoms with Crippen molar-refractivity contribution >= 4 is 17.9 Å². The third-order valence-corrected chi connectivity index (χ3v) is 3.46. The molecule has 1 aliphatic heterocycles. The quantitative estimate of drug-likeness (QED) is 0.751. The number of hydrogen-bond donors (Lipinski definition) is 2. The summed E-state index contributed by atoms with van der Waals surface area (Å²) < 4.78 is 5.19. The first-order valence-electron chi connectivity index (χ1n) is 5.19. The summed E-state index contributed by atoms with van der Waals surface area (Å²) in [6.07, 6.45) is -0.339. The number of nitrogens with one attached hydrogen (secondary N) is 1. The Balaban J connectivity index is 2.37. The van der Waals surface area contributed by atoms with Crippen LogP contribution in [0.1, 0.15) is 20.8 Å². The number of carbonyl (C=O) groups is 1. The van der Waals surface area contributed by atoms with Crippen molar-refractivity contribution in [2.45, 2.75) is 32.4 Å². The summed E-state index contributed by atoms with van der Waals surface area (Å²) >= 11 is 1.82. The molecule has 1 aliphatic rings. The van der Waals surface area contributed by atoms with Gasteiger partial charge >= 0.3 is 6.09 Å². The van der Waals surface area contributed by atoms with Crippen LogP contribution in [0.25, 0.3) is 0 Å². The molecule has 0 radical (unpaired) electrons. The van der Waals surface area contributed by atoms with Gasteiger partial charge in [0.15, 0.2) is 0 Å². The van der Waals surface area contributed by atoms with Crippen LogP contribution in [0, 0.1) is 5.92 Å².